The van der Waals surface area contributed by atoms with Gasteiger partial charge in [0.05, 0.1) is 5.69 Å². The van der Waals surface area contributed by atoms with Crippen molar-refractivity contribution in [3.8, 4) is 0 Å². The lowest BCUT2D eigenvalue weighted by Gasteiger charge is -2.28. The molecule has 1 aliphatic carbocycles. The van der Waals surface area contributed by atoms with Gasteiger partial charge in [0.2, 0.25) is 0 Å². The van der Waals surface area contributed by atoms with Gasteiger partial charge in [-0.3, -0.25) is 0 Å². The number of rotatable bonds is 0. The number of hydrogen-bond donors (Lipinski definition) is 0. The molecule has 0 unspecified atom stereocenters. The summed E-state index contributed by atoms with van der Waals surface area (Å²) in [5, 5.41) is 0. The Morgan fingerprint density at radius 3 is 2.94 bits per heavy atom. The molecule has 2 aromatic rings. The fourth-order valence-electron chi connectivity index (χ4n) is 2.91. The lowest BCUT2D eigenvalue weighted by Crippen LogP contribution is -2.24. The molecule has 0 N–H and O–H groups in total. The minimum atomic E-state index is 0.221. The molecule has 0 aliphatic heterocycles. The van der Waals surface area contributed by atoms with Crippen LogP contribution in [0.5, 0.6) is 0 Å². The molecule has 0 saturated heterocycles. The highest BCUT2D eigenvalue weighted by Gasteiger charge is 2.31. The third-order valence-corrected chi connectivity index (χ3v) is 4.26. The van der Waals surface area contributed by atoms with E-state index < -0.39 is 0 Å². The summed E-state index contributed by atoms with van der Waals surface area (Å²) in [6.45, 7) is 6.75. The van der Waals surface area contributed by atoms with Crippen LogP contribution in [0, 0.1) is 6.92 Å². The van der Waals surface area contributed by atoms with Gasteiger partial charge in [0.1, 0.15) is 5.65 Å². The summed E-state index contributed by atoms with van der Waals surface area (Å²) in [6, 6.07) is 2.14. The quantitative estimate of drug-likeness (QED) is 0.717. The largest absolute Gasteiger partial charge is 0.302 e. The summed E-state index contributed by atoms with van der Waals surface area (Å²) >= 11 is 3.58. The van der Waals surface area contributed by atoms with E-state index in [2.05, 4.69) is 53.4 Å². The van der Waals surface area contributed by atoms with Crippen molar-refractivity contribution < 1.29 is 0 Å². The van der Waals surface area contributed by atoms with Gasteiger partial charge in [0.15, 0.2) is 0 Å². The molecule has 3 rings (SSSR count). The average Bonchev–Trinajstić information content (AvgIpc) is 2.58. The number of fused-ring (bicyclic) bond motifs is 3. The van der Waals surface area contributed by atoms with Crippen molar-refractivity contribution in [3.05, 3.63) is 33.7 Å². The number of nitrogens with zero attached hydrogens (tertiary/aromatic N) is 2. The fourth-order valence-corrected chi connectivity index (χ4v) is 3.46. The molecule has 1 aliphatic rings. The maximum absolute atomic E-state index is 4.89. The molecule has 17 heavy (non-hydrogen) atoms. The maximum atomic E-state index is 4.89. The number of pyridine rings is 1. The first-order valence-corrected chi connectivity index (χ1v) is 6.96. The number of hydrogen-bond acceptors (Lipinski definition) is 1. The Bertz CT molecular complexity index is 596. The minimum absolute atomic E-state index is 0.221. The second kappa shape index (κ2) is 3.58. The van der Waals surface area contributed by atoms with E-state index in [9.17, 15) is 0 Å². The SMILES string of the molecule is Cc1cc(Br)cn2c3c(nc12)C(C)(C)CCC3. The Balaban J connectivity index is 2.38. The maximum Gasteiger partial charge on any atom is 0.140 e. The van der Waals surface area contributed by atoms with E-state index >= 15 is 0 Å². The molecule has 0 amide bonds. The van der Waals surface area contributed by atoms with Crippen LogP contribution in [0.3, 0.4) is 0 Å². The summed E-state index contributed by atoms with van der Waals surface area (Å²) in [6.07, 6.45) is 5.80. The van der Waals surface area contributed by atoms with E-state index in [1.54, 1.807) is 0 Å². The van der Waals surface area contributed by atoms with E-state index in [1.807, 2.05) is 0 Å². The van der Waals surface area contributed by atoms with Crippen LogP contribution >= 0.6 is 15.9 Å². The second-order valence-corrected chi connectivity index (χ2v) is 6.60. The zero-order chi connectivity index (χ0) is 12.2. The van der Waals surface area contributed by atoms with Gasteiger partial charge in [0, 0.05) is 21.8 Å². The normalized spacial score (nSPS) is 18.4. The third kappa shape index (κ3) is 1.63. The van der Waals surface area contributed by atoms with Gasteiger partial charge in [-0.1, -0.05) is 13.8 Å². The molecule has 0 bridgehead atoms. The first-order chi connectivity index (χ1) is 7.99. The molecule has 0 radical (unpaired) electrons. The standard InChI is InChI=1S/C14H17BrN2/c1-9-7-10(15)8-17-11-5-4-6-14(2,3)12(11)16-13(9)17/h7-8H,4-6H2,1-3H3. The third-order valence-electron chi connectivity index (χ3n) is 3.83. The van der Waals surface area contributed by atoms with Crippen molar-refractivity contribution >= 4 is 21.6 Å². The van der Waals surface area contributed by atoms with Crippen LogP contribution in [-0.4, -0.2) is 9.38 Å². The molecule has 0 atom stereocenters. The van der Waals surface area contributed by atoms with Crippen molar-refractivity contribution in [2.75, 3.05) is 0 Å². The lowest BCUT2D eigenvalue weighted by atomic mass is 9.78. The highest BCUT2D eigenvalue weighted by Crippen LogP contribution is 2.37. The van der Waals surface area contributed by atoms with Crippen LogP contribution < -0.4 is 0 Å². The van der Waals surface area contributed by atoms with Gasteiger partial charge in [0.25, 0.3) is 0 Å². The summed E-state index contributed by atoms with van der Waals surface area (Å²) < 4.78 is 3.40. The molecule has 0 spiro atoms. The van der Waals surface area contributed by atoms with E-state index in [0.29, 0.717) is 0 Å². The molecule has 0 saturated carbocycles. The van der Waals surface area contributed by atoms with Crippen LogP contribution in [0.25, 0.3) is 5.65 Å². The molecular formula is C14H17BrN2. The predicted octanol–water partition coefficient (Wildman–Crippen LogP) is 4.02. The summed E-state index contributed by atoms with van der Waals surface area (Å²) in [7, 11) is 0. The first-order valence-electron chi connectivity index (χ1n) is 6.16. The van der Waals surface area contributed by atoms with E-state index in [0.717, 1.165) is 16.5 Å². The van der Waals surface area contributed by atoms with E-state index in [-0.39, 0.29) is 5.41 Å². The number of aryl methyl sites for hydroxylation is 2. The second-order valence-electron chi connectivity index (χ2n) is 5.68. The molecule has 2 nitrogen and oxygen atoms in total. The number of halogens is 1. The van der Waals surface area contributed by atoms with Crippen molar-refractivity contribution in [2.45, 2.75) is 45.4 Å². The predicted molar refractivity (Wildman–Crippen MR) is 73.6 cm³/mol. The van der Waals surface area contributed by atoms with Gasteiger partial charge in [-0.05, 0) is 53.7 Å². The van der Waals surface area contributed by atoms with Crippen molar-refractivity contribution in [1.82, 2.24) is 9.38 Å². The highest BCUT2D eigenvalue weighted by atomic mass is 79.9. The van der Waals surface area contributed by atoms with E-state index in [1.165, 1.54) is 29.8 Å². The molecule has 0 aromatic carbocycles. The van der Waals surface area contributed by atoms with Crippen molar-refractivity contribution in [1.29, 1.82) is 0 Å². The van der Waals surface area contributed by atoms with Gasteiger partial charge >= 0.3 is 0 Å². The Hall–Kier alpha value is -0.830. The summed E-state index contributed by atoms with van der Waals surface area (Å²) in [5.74, 6) is 0. The average molecular weight is 293 g/mol. The van der Waals surface area contributed by atoms with Crippen LogP contribution in [0.15, 0.2) is 16.7 Å². The molecule has 90 valence electrons. The van der Waals surface area contributed by atoms with Crippen LogP contribution in [0.1, 0.15) is 43.6 Å². The molecule has 3 heteroatoms. The van der Waals surface area contributed by atoms with Gasteiger partial charge in [-0.15, -0.1) is 0 Å². The Morgan fingerprint density at radius 2 is 2.18 bits per heavy atom. The molecular weight excluding hydrogens is 276 g/mol. The smallest absolute Gasteiger partial charge is 0.140 e. The summed E-state index contributed by atoms with van der Waals surface area (Å²) in [4.78, 5) is 4.89. The van der Waals surface area contributed by atoms with Gasteiger partial charge in [-0.25, -0.2) is 4.98 Å². The van der Waals surface area contributed by atoms with Crippen LogP contribution in [0.2, 0.25) is 0 Å². The lowest BCUT2D eigenvalue weighted by molar-refractivity contribution is 0.418. The number of aromatic nitrogens is 2. The molecule has 2 aromatic heterocycles. The topological polar surface area (TPSA) is 17.3 Å². The zero-order valence-electron chi connectivity index (χ0n) is 10.5. The Labute approximate surface area is 110 Å². The van der Waals surface area contributed by atoms with Crippen molar-refractivity contribution in [3.63, 3.8) is 0 Å². The Morgan fingerprint density at radius 1 is 1.41 bits per heavy atom. The minimum Gasteiger partial charge on any atom is -0.302 e. The van der Waals surface area contributed by atoms with Gasteiger partial charge in [-0.2, -0.15) is 0 Å². The zero-order valence-corrected chi connectivity index (χ0v) is 12.1. The van der Waals surface area contributed by atoms with E-state index in [4.69, 9.17) is 4.98 Å². The van der Waals surface area contributed by atoms with Crippen LogP contribution in [-0.2, 0) is 11.8 Å². The fraction of sp³-hybridized carbons (Fsp3) is 0.500. The molecule has 2 heterocycles. The first kappa shape index (κ1) is 11.3. The number of imidazole rings is 1. The van der Waals surface area contributed by atoms with Gasteiger partial charge < -0.3 is 4.40 Å². The van der Waals surface area contributed by atoms with Crippen molar-refractivity contribution in [2.24, 2.45) is 0 Å². The monoisotopic (exact) mass is 292 g/mol. The Kier molecular flexibility index (Phi) is 2.37. The van der Waals surface area contributed by atoms with Crippen LogP contribution in [0.4, 0.5) is 0 Å². The molecule has 0 fully saturated rings. The summed E-state index contributed by atoms with van der Waals surface area (Å²) in [5.41, 5.74) is 5.28. The highest BCUT2D eigenvalue weighted by molar-refractivity contribution is 9.10.